The molecule has 3 rings (SSSR count). The van der Waals surface area contributed by atoms with Crippen molar-refractivity contribution in [2.24, 2.45) is 0 Å². The minimum atomic E-state index is -1.07. The van der Waals surface area contributed by atoms with E-state index in [9.17, 15) is 4.79 Å². The summed E-state index contributed by atoms with van der Waals surface area (Å²) in [4.78, 5) is 10.6. The van der Waals surface area contributed by atoms with Crippen LogP contribution in [0.2, 0.25) is 0 Å². The Morgan fingerprint density at radius 2 is 2.37 bits per heavy atom. The third-order valence-corrected chi connectivity index (χ3v) is 3.28. The molecule has 0 spiro atoms. The molecule has 0 radical (unpaired) electrons. The highest BCUT2D eigenvalue weighted by molar-refractivity contribution is 5.88. The average molecular weight is 261 g/mol. The SMILES string of the molecule is O=C(O)Nc1ccc2c(cnn2C2CCCCO2)c1. The first-order valence-corrected chi connectivity index (χ1v) is 6.33. The summed E-state index contributed by atoms with van der Waals surface area (Å²) in [6, 6.07) is 5.37. The average Bonchev–Trinajstić information content (AvgIpc) is 2.82. The number of rotatable bonds is 2. The fourth-order valence-electron chi connectivity index (χ4n) is 2.40. The van der Waals surface area contributed by atoms with Crippen molar-refractivity contribution in [1.29, 1.82) is 0 Å². The monoisotopic (exact) mass is 261 g/mol. The summed E-state index contributed by atoms with van der Waals surface area (Å²) in [5.74, 6) is 0. The predicted molar refractivity (Wildman–Crippen MR) is 70.2 cm³/mol. The molecule has 0 aliphatic carbocycles. The maximum absolute atomic E-state index is 10.6. The summed E-state index contributed by atoms with van der Waals surface area (Å²) in [7, 11) is 0. The van der Waals surface area contributed by atoms with Crippen LogP contribution in [0.25, 0.3) is 10.9 Å². The number of hydrogen-bond donors (Lipinski definition) is 2. The number of carbonyl (C=O) groups is 1. The fourth-order valence-corrected chi connectivity index (χ4v) is 2.40. The molecular weight excluding hydrogens is 246 g/mol. The Balaban J connectivity index is 1.92. The summed E-state index contributed by atoms with van der Waals surface area (Å²) in [6.07, 6.45) is 3.87. The van der Waals surface area contributed by atoms with E-state index in [0.29, 0.717) is 5.69 Å². The Labute approximate surface area is 110 Å². The second-order valence-electron chi connectivity index (χ2n) is 4.61. The first-order valence-electron chi connectivity index (χ1n) is 6.33. The minimum Gasteiger partial charge on any atom is -0.465 e. The molecule has 1 aromatic carbocycles. The quantitative estimate of drug-likeness (QED) is 0.871. The van der Waals surface area contributed by atoms with E-state index in [-0.39, 0.29) is 6.23 Å². The van der Waals surface area contributed by atoms with Gasteiger partial charge in [0.25, 0.3) is 0 Å². The van der Waals surface area contributed by atoms with E-state index in [1.165, 1.54) is 0 Å². The van der Waals surface area contributed by atoms with E-state index < -0.39 is 6.09 Å². The summed E-state index contributed by atoms with van der Waals surface area (Å²) < 4.78 is 7.59. The van der Waals surface area contributed by atoms with E-state index in [0.717, 1.165) is 36.8 Å². The lowest BCUT2D eigenvalue weighted by Gasteiger charge is -2.23. The van der Waals surface area contributed by atoms with E-state index in [2.05, 4.69) is 10.4 Å². The zero-order valence-electron chi connectivity index (χ0n) is 10.4. The van der Waals surface area contributed by atoms with Crippen molar-refractivity contribution >= 4 is 22.7 Å². The summed E-state index contributed by atoms with van der Waals surface area (Å²) >= 11 is 0. The second-order valence-corrected chi connectivity index (χ2v) is 4.61. The van der Waals surface area contributed by atoms with Crippen molar-refractivity contribution in [2.45, 2.75) is 25.5 Å². The van der Waals surface area contributed by atoms with Gasteiger partial charge in [-0.1, -0.05) is 0 Å². The fraction of sp³-hybridized carbons (Fsp3) is 0.385. The van der Waals surface area contributed by atoms with Gasteiger partial charge in [-0.2, -0.15) is 5.10 Å². The van der Waals surface area contributed by atoms with Crippen LogP contribution in [0.15, 0.2) is 24.4 Å². The number of aromatic nitrogens is 2. The molecule has 1 fully saturated rings. The van der Waals surface area contributed by atoms with Crippen LogP contribution >= 0.6 is 0 Å². The van der Waals surface area contributed by atoms with Gasteiger partial charge in [-0.25, -0.2) is 9.48 Å². The first-order chi connectivity index (χ1) is 9.24. The molecular formula is C13H15N3O3. The third kappa shape index (κ3) is 2.39. The maximum Gasteiger partial charge on any atom is 0.409 e. The van der Waals surface area contributed by atoms with Crippen molar-refractivity contribution in [1.82, 2.24) is 9.78 Å². The Kier molecular flexibility index (Phi) is 3.08. The highest BCUT2D eigenvalue weighted by Crippen LogP contribution is 2.27. The zero-order chi connectivity index (χ0) is 13.2. The van der Waals surface area contributed by atoms with Gasteiger partial charge in [-0.3, -0.25) is 5.32 Å². The van der Waals surface area contributed by atoms with Crippen LogP contribution in [-0.2, 0) is 4.74 Å². The number of anilines is 1. The van der Waals surface area contributed by atoms with Crippen molar-refractivity contribution in [2.75, 3.05) is 11.9 Å². The molecule has 1 atom stereocenters. The second kappa shape index (κ2) is 4.89. The molecule has 2 aromatic rings. The highest BCUT2D eigenvalue weighted by atomic mass is 16.5. The minimum absolute atomic E-state index is 0.00969. The standard InChI is InChI=1S/C13H15N3O3/c17-13(18)15-10-4-5-11-9(7-10)8-14-16(11)12-3-1-2-6-19-12/h4-5,7-8,12,15H,1-3,6H2,(H,17,18). The summed E-state index contributed by atoms with van der Waals surface area (Å²) in [6.45, 7) is 0.769. The van der Waals surface area contributed by atoms with Gasteiger partial charge >= 0.3 is 6.09 Å². The maximum atomic E-state index is 10.6. The Bertz CT molecular complexity index is 602. The largest absolute Gasteiger partial charge is 0.465 e. The highest BCUT2D eigenvalue weighted by Gasteiger charge is 2.18. The van der Waals surface area contributed by atoms with Gasteiger partial charge in [0.1, 0.15) is 0 Å². The Morgan fingerprint density at radius 3 is 3.11 bits per heavy atom. The number of amides is 1. The molecule has 100 valence electrons. The number of carboxylic acid groups (broad SMARTS) is 1. The number of fused-ring (bicyclic) bond motifs is 1. The van der Waals surface area contributed by atoms with Gasteiger partial charge in [0, 0.05) is 17.7 Å². The van der Waals surface area contributed by atoms with E-state index >= 15 is 0 Å². The van der Waals surface area contributed by atoms with Crippen LogP contribution in [0.1, 0.15) is 25.5 Å². The predicted octanol–water partition coefficient (Wildman–Crippen LogP) is 2.83. The van der Waals surface area contributed by atoms with Crippen LogP contribution in [0.5, 0.6) is 0 Å². The van der Waals surface area contributed by atoms with Crippen molar-refractivity contribution in [3.8, 4) is 0 Å². The number of nitrogens with one attached hydrogen (secondary N) is 1. The number of benzene rings is 1. The van der Waals surface area contributed by atoms with Crippen molar-refractivity contribution in [3.63, 3.8) is 0 Å². The van der Waals surface area contributed by atoms with E-state index in [1.807, 2.05) is 10.7 Å². The lowest BCUT2D eigenvalue weighted by molar-refractivity contribution is -0.0366. The van der Waals surface area contributed by atoms with Gasteiger partial charge in [-0.05, 0) is 37.5 Å². The molecule has 1 aliphatic rings. The number of nitrogens with zero attached hydrogens (tertiary/aromatic N) is 2. The van der Waals surface area contributed by atoms with Gasteiger partial charge in [-0.15, -0.1) is 0 Å². The first kappa shape index (κ1) is 12.0. The molecule has 1 unspecified atom stereocenters. The molecule has 2 heterocycles. The molecule has 2 N–H and O–H groups in total. The third-order valence-electron chi connectivity index (χ3n) is 3.28. The molecule has 1 saturated heterocycles. The normalized spacial score (nSPS) is 19.5. The van der Waals surface area contributed by atoms with Crippen molar-refractivity contribution < 1.29 is 14.6 Å². The van der Waals surface area contributed by atoms with Crippen LogP contribution in [0.3, 0.4) is 0 Å². The molecule has 0 bridgehead atoms. The zero-order valence-corrected chi connectivity index (χ0v) is 10.4. The molecule has 6 heteroatoms. The van der Waals surface area contributed by atoms with Crippen LogP contribution in [0, 0.1) is 0 Å². The summed E-state index contributed by atoms with van der Waals surface area (Å²) in [5, 5.41) is 16.3. The lowest BCUT2D eigenvalue weighted by Crippen LogP contribution is -2.18. The Hall–Kier alpha value is -2.08. The molecule has 1 amide bonds. The molecule has 19 heavy (non-hydrogen) atoms. The number of hydrogen-bond acceptors (Lipinski definition) is 3. The van der Waals surface area contributed by atoms with Gasteiger partial charge in [0.05, 0.1) is 11.7 Å². The van der Waals surface area contributed by atoms with Crippen LogP contribution < -0.4 is 5.32 Å². The van der Waals surface area contributed by atoms with Gasteiger partial charge in [0.2, 0.25) is 0 Å². The number of ether oxygens (including phenoxy) is 1. The van der Waals surface area contributed by atoms with Gasteiger partial charge < -0.3 is 9.84 Å². The Morgan fingerprint density at radius 1 is 1.47 bits per heavy atom. The van der Waals surface area contributed by atoms with Crippen LogP contribution in [0.4, 0.5) is 10.5 Å². The lowest BCUT2D eigenvalue weighted by atomic mass is 10.2. The summed E-state index contributed by atoms with van der Waals surface area (Å²) in [5.41, 5.74) is 1.51. The molecule has 6 nitrogen and oxygen atoms in total. The smallest absolute Gasteiger partial charge is 0.409 e. The van der Waals surface area contributed by atoms with Crippen LogP contribution in [-0.4, -0.2) is 27.6 Å². The van der Waals surface area contributed by atoms with Gasteiger partial charge in [0.15, 0.2) is 6.23 Å². The van der Waals surface area contributed by atoms with E-state index in [4.69, 9.17) is 9.84 Å². The van der Waals surface area contributed by atoms with E-state index in [1.54, 1.807) is 18.3 Å². The molecule has 1 aromatic heterocycles. The molecule has 1 aliphatic heterocycles. The topological polar surface area (TPSA) is 76.4 Å². The molecule has 0 saturated carbocycles. The van der Waals surface area contributed by atoms with Crippen molar-refractivity contribution in [3.05, 3.63) is 24.4 Å².